The van der Waals surface area contributed by atoms with Gasteiger partial charge in [-0.25, -0.2) is 0 Å². The van der Waals surface area contributed by atoms with Crippen LogP contribution in [0.25, 0.3) is 11.2 Å². The van der Waals surface area contributed by atoms with E-state index in [4.69, 9.17) is 17.0 Å². The smallest absolute Gasteiger partial charge is 0.215 e. The average Bonchev–Trinajstić information content (AvgIpc) is 3.29. The molecular formula is C14H17N3OS. The van der Waals surface area contributed by atoms with E-state index in [0.29, 0.717) is 11.3 Å². The summed E-state index contributed by atoms with van der Waals surface area (Å²) < 4.78 is 8.17. The highest BCUT2D eigenvalue weighted by molar-refractivity contribution is 7.71. The number of aromatic amines is 1. The third-order valence-corrected chi connectivity index (χ3v) is 4.93. The fraction of sp³-hybridized carbons (Fsp3) is 0.571. The Morgan fingerprint density at radius 1 is 1.47 bits per heavy atom. The summed E-state index contributed by atoms with van der Waals surface area (Å²) in [5.41, 5.74) is 2.44. The third kappa shape index (κ3) is 1.79. The molecule has 0 amide bonds. The van der Waals surface area contributed by atoms with Gasteiger partial charge in [-0.1, -0.05) is 0 Å². The molecule has 2 aliphatic rings. The van der Waals surface area contributed by atoms with Gasteiger partial charge in [-0.05, 0) is 55.3 Å². The van der Waals surface area contributed by atoms with Crippen molar-refractivity contribution >= 4 is 23.4 Å². The van der Waals surface area contributed by atoms with Crippen molar-refractivity contribution < 1.29 is 4.74 Å². The molecule has 2 fully saturated rings. The van der Waals surface area contributed by atoms with Crippen molar-refractivity contribution in [3.63, 3.8) is 0 Å². The molecule has 2 heterocycles. The van der Waals surface area contributed by atoms with E-state index in [9.17, 15) is 0 Å². The number of ether oxygens (including phenoxy) is 1. The van der Waals surface area contributed by atoms with Gasteiger partial charge in [-0.15, -0.1) is 0 Å². The first-order valence-corrected chi connectivity index (χ1v) is 7.26. The molecule has 0 unspecified atom stereocenters. The Labute approximate surface area is 116 Å². The normalized spacial score (nSPS) is 20.7. The number of hydrogen-bond acceptors (Lipinski definition) is 3. The molecule has 0 bridgehead atoms. The van der Waals surface area contributed by atoms with Crippen molar-refractivity contribution in [1.82, 2.24) is 14.5 Å². The molecule has 1 N–H and O–H groups in total. The highest BCUT2D eigenvalue weighted by atomic mass is 32.1. The van der Waals surface area contributed by atoms with Gasteiger partial charge in [0.15, 0.2) is 10.4 Å². The molecular weight excluding hydrogens is 258 g/mol. The second-order valence-electron chi connectivity index (χ2n) is 5.88. The van der Waals surface area contributed by atoms with Crippen LogP contribution in [0, 0.1) is 16.1 Å². The number of fused-ring (bicyclic) bond motifs is 1. The zero-order valence-electron chi connectivity index (χ0n) is 11.0. The van der Waals surface area contributed by atoms with Crippen molar-refractivity contribution in [1.29, 1.82) is 0 Å². The predicted octanol–water partition coefficient (Wildman–Crippen LogP) is 3.29. The highest BCUT2D eigenvalue weighted by Crippen LogP contribution is 2.62. The van der Waals surface area contributed by atoms with Crippen LogP contribution in [-0.2, 0) is 6.54 Å². The molecule has 2 aliphatic carbocycles. The summed E-state index contributed by atoms with van der Waals surface area (Å²) in [5.74, 6) is 1.57. The van der Waals surface area contributed by atoms with Crippen molar-refractivity contribution in [2.24, 2.45) is 11.3 Å². The molecule has 0 aliphatic heterocycles. The van der Waals surface area contributed by atoms with E-state index < -0.39 is 0 Å². The number of methoxy groups -OCH3 is 1. The van der Waals surface area contributed by atoms with E-state index >= 15 is 0 Å². The standard InChI is InChI=1S/C14H17N3OS/c1-18-11-5-4-10-12(16-11)17(13(19)15-10)8-14(6-7-14)9-2-3-9/h4-5,9H,2-3,6-8H2,1H3,(H,15,19). The monoisotopic (exact) mass is 275 g/mol. The predicted molar refractivity (Wildman–Crippen MR) is 75.9 cm³/mol. The molecule has 4 rings (SSSR count). The number of imidazole rings is 1. The Morgan fingerprint density at radius 3 is 2.89 bits per heavy atom. The molecule has 0 aromatic carbocycles. The fourth-order valence-electron chi connectivity index (χ4n) is 3.14. The third-order valence-electron chi connectivity index (χ3n) is 4.61. The summed E-state index contributed by atoms with van der Waals surface area (Å²) in [5, 5.41) is 0. The number of hydrogen-bond donors (Lipinski definition) is 1. The largest absolute Gasteiger partial charge is 0.481 e. The molecule has 0 saturated heterocycles. The summed E-state index contributed by atoms with van der Waals surface area (Å²) in [4.78, 5) is 7.80. The van der Waals surface area contributed by atoms with Gasteiger partial charge in [-0.2, -0.15) is 4.98 Å². The minimum absolute atomic E-state index is 0.512. The summed E-state index contributed by atoms with van der Waals surface area (Å²) in [6, 6.07) is 3.86. The van der Waals surface area contributed by atoms with Crippen LogP contribution >= 0.6 is 12.2 Å². The maximum Gasteiger partial charge on any atom is 0.215 e. The first kappa shape index (κ1) is 11.5. The van der Waals surface area contributed by atoms with Crippen LogP contribution in [0.1, 0.15) is 25.7 Å². The Balaban J connectivity index is 1.79. The summed E-state index contributed by atoms with van der Waals surface area (Å²) >= 11 is 5.46. The first-order chi connectivity index (χ1) is 9.22. The number of pyridine rings is 1. The van der Waals surface area contributed by atoms with Gasteiger partial charge < -0.3 is 14.3 Å². The van der Waals surface area contributed by atoms with Crippen LogP contribution < -0.4 is 4.74 Å². The lowest BCUT2D eigenvalue weighted by atomic mass is 10.0. The van der Waals surface area contributed by atoms with E-state index in [1.807, 2.05) is 12.1 Å². The zero-order chi connectivity index (χ0) is 13.0. The summed E-state index contributed by atoms with van der Waals surface area (Å²) in [6.07, 6.45) is 5.48. The first-order valence-electron chi connectivity index (χ1n) is 6.85. The van der Waals surface area contributed by atoms with E-state index in [-0.39, 0.29) is 0 Å². The van der Waals surface area contributed by atoms with Gasteiger partial charge in [0.1, 0.15) is 0 Å². The fourth-order valence-corrected chi connectivity index (χ4v) is 3.40. The lowest BCUT2D eigenvalue weighted by molar-refractivity contribution is 0.370. The van der Waals surface area contributed by atoms with Crippen LogP contribution in [0.5, 0.6) is 5.88 Å². The maximum absolute atomic E-state index is 5.46. The Morgan fingerprint density at radius 2 is 2.26 bits per heavy atom. The summed E-state index contributed by atoms with van der Waals surface area (Å²) in [7, 11) is 1.65. The van der Waals surface area contributed by atoms with Crippen LogP contribution in [0.4, 0.5) is 0 Å². The van der Waals surface area contributed by atoms with E-state index in [0.717, 1.165) is 28.4 Å². The van der Waals surface area contributed by atoms with Gasteiger partial charge in [0, 0.05) is 12.6 Å². The molecule has 2 saturated carbocycles. The number of nitrogens with zero attached hydrogens (tertiary/aromatic N) is 2. The Bertz CT molecular complexity index is 694. The molecule has 2 aromatic rings. The minimum atomic E-state index is 0.512. The summed E-state index contributed by atoms with van der Waals surface area (Å²) in [6.45, 7) is 1.01. The average molecular weight is 275 g/mol. The number of H-pyrrole nitrogens is 1. The zero-order valence-corrected chi connectivity index (χ0v) is 11.8. The quantitative estimate of drug-likeness (QED) is 0.871. The van der Waals surface area contributed by atoms with Crippen molar-refractivity contribution in [2.45, 2.75) is 32.2 Å². The number of aromatic nitrogens is 3. The Kier molecular flexibility index (Phi) is 2.31. The van der Waals surface area contributed by atoms with Crippen LogP contribution in [0.2, 0.25) is 0 Å². The SMILES string of the molecule is COc1ccc2[nH]c(=S)n(CC3(C4CC4)CC3)c2n1. The second kappa shape index (κ2) is 3.82. The molecule has 4 nitrogen and oxygen atoms in total. The van der Waals surface area contributed by atoms with Crippen LogP contribution in [0.15, 0.2) is 12.1 Å². The van der Waals surface area contributed by atoms with Gasteiger partial charge in [0.25, 0.3) is 0 Å². The van der Waals surface area contributed by atoms with Gasteiger partial charge in [-0.3, -0.25) is 0 Å². The molecule has 0 radical (unpaired) electrons. The second-order valence-corrected chi connectivity index (χ2v) is 6.26. The van der Waals surface area contributed by atoms with Crippen molar-refractivity contribution in [3.05, 3.63) is 16.9 Å². The minimum Gasteiger partial charge on any atom is -0.481 e. The van der Waals surface area contributed by atoms with Gasteiger partial charge >= 0.3 is 0 Å². The molecule has 0 spiro atoms. The van der Waals surface area contributed by atoms with Gasteiger partial charge in [0.05, 0.1) is 12.6 Å². The van der Waals surface area contributed by atoms with E-state index in [1.165, 1.54) is 25.7 Å². The highest BCUT2D eigenvalue weighted by Gasteiger charge is 2.54. The topological polar surface area (TPSA) is 42.8 Å². The lowest BCUT2D eigenvalue weighted by Crippen LogP contribution is -2.14. The van der Waals surface area contributed by atoms with Crippen LogP contribution in [-0.4, -0.2) is 21.6 Å². The number of nitrogens with one attached hydrogen (secondary N) is 1. The number of rotatable bonds is 4. The van der Waals surface area contributed by atoms with Crippen molar-refractivity contribution in [2.75, 3.05) is 7.11 Å². The Hall–Kier alpha value is -1.36. The van der Waals surface area contributed by atoms with Gasteiger partial charge in [0.2, 0.25) is 5.88 Å². The van der Waals surface area contributed by atoms with E-state index in [1.54, 1.807) is 7.11 Å². The molecule has 0 atom stereocenters. The van der Waals surface area contributed by atoms with E-state index in [2.05, 4.69) is 14.5 Å². The maximum atomic E-state index is 5.46. The molecule has 100 valence electrons. The molecule has 19 heavy (non-hydrogen) atoms. The van der Waals surface area contributed by atoms with Crippen LogP contribution in [0.3, 0.4) is 0 Å². The lowest BCUT2D eigenvalue weighted by Gasteiger charge is -2.15. The molecule has 2 aromatic heterocycles. The molecule has 5 heteroatoms. The van der Waals surface area contributed by atoms with Crippen molar-refractivity contribution in [3.8, 4) is 5.88 Å².